The first-order chi connectivity index (χ1) is 16.7. The van der Waals surface area contributed by atoms with Gasteiger partial charge in [0.25, 0.3) is 5.69 Å². The first kappa shape index (κ1) is 28.7. The molecule has 0 fully saturated rings. The van der Waals surface area contributed by atoms with Crippen LogP contribution in [-0.4, -0.2) is 34.0 Å². The average Bonchev–Trinajstić information content (AvgIpc) is 2.79. The number of hydrogen-bond donors (Lipinski definition) is 0. The van der Waals surface area contributed by atoms with Crippen molar-refractivity contribution >= 4 is 47.9 Å². The zero-order valence-corrected chi connectivity index (χ0v) is 21.5. The van der Waals surface area contributed by atoms with Crippen LogP contribution in [0.25, 0.3) is 0 Å². The van der Waals surface area contributed by atoms with Crippen LogP contribution in [0.4, 0.5) is 17.1 Å². The zero-order chi connectivity index (χ0) is 27.2. The summed E-state index contributed by atoms with van der Waals surface area (Å²) in [6.07, 6.45) is 2.29. The fraction of sp³-hybridized carbons (Fsp3) is 0.143. The molecule has 3 aromatic carbocycles. The lowest BCUT2D eigenvalue weighted by Gasteiger charge is -2.07. The van der Waals surface area contributed by atoms with Gasteiger partial charge < -0.3 is 4.55 Å². The van der Waals surface area contributed by atoms with E-state index in [0.717, 1.165) is 0 Å². The molecule has 0 spiro atoms. The summed E-state index contributed by atoms with van der Waals surface area (Å²) in [6.45, 7) is 4.25. The lowest BCUT2D eigenvalue weighted by atomic mass is 10.2. The van der Waals surface area contributed by atoms with Crippen LogP contribution in [0, 0.1) is 44.2 Å². The van der Waals surface area contributed by atoms with Crippen LogP contribution in [0.3, 0.4) is 0 Å². The summed E-state index contributed by atoms with van der Waals surface area (Å²) in [5.74, 6) is 0. The van der Waals surface area contributed by atoms with Crippen LogP contribution in [0.15, 0.2) is 75.4 Å². The number of nitro benzene ring substituents is 3. The molecular weight excluding hydrogens is 534 g/mol. The number of nitrogens with zero attached hydrogens (tertiary/aromatic N) is 3. The lowest BCUT2D eigenvalue weighted by Crippen LogP contribution is -2.08. The number of rotatable bonds is 7. The van der Waals surface area contributed by atoms with Crippen molar-refractivity contribution in [3.05, 3.63) is 102 Å². The summed E-state index contributed by atoms with van der Waals surface area (Å²) in [5.41, 5.74) is -1.47. The quantitative estimate of drug-likeness (QED) is 0.127. The van der Waals surface area contributed by atoms with Crippen molar-refractivity contribution in [1.82, 2.24) is 0 Å². The van der Waals surface area contributed by atoms with Crippen LogP contribution >= 0.6 is 10.8 Å². The van der Waals surface area contributed by atoms with E-state index < -0.39 is 46.8 Å². The maximum Gasteiger partial charge on any atom is 0.300 e. The van der Waals surface area contributed by atoms with Gasteiger partial charge in [0, 0.05) is 0 Å². The maximum absolute atomic E-state index is 10.8. The summed E-state index contributed by atoms with van der Waals surface area (Å²) in [6, 6.07) is 17.9. The molecule has 0 N–H and O–H groups in total. The third-order valence-corrected chi connectivity index (χ3v) is 8.96. The highest BCUT2D eigenvalue weighted by atomic mass is 33.1. The van der Waals surface area contributed by atoms with Gasteiger partial charge >= 0.3 is 11.4 Å². The number of aryl methyl sites for hydroxylation is 2. The molecule has 0 aliphatic rings. The minimum Gasteiger partial charge on any atom is -0.744 e. The second-order valence-electron chi connectivity index (χ2n) is 7.20. The molecular formula is C21H19N3O9S3. The van der Waals surface area contributed by atoms with Crippen molar-refractivity contribution < 1.29 is 27.7 Å². The molecule has 0 heterocycles. The van der Waals surface area contributed by atoms with Gasteiger partial charge in [-0.25, -0.2) is 8.42 Å². The summed E-state index contributed by atoms with van der Waals surface area (Å²) in [7, 11) is -3.40. The van der Waals surface area contributed by atoms with Gasteiger partial charge in [0.1, 0.15) is 27.2 Å². The monoisotopic (exact) mass is 553 g/mol. The van der Waals surface area contributed by atoms with E-state index >= 15 is 0 Å². The lowest BCUT2D eigenvalue weighted by molar-refractivity contribution is -0.407. The molecule has 3 rings (SSSR count). The second kappa shape index (κ2) is 11.9. The van der Waals surface area contributed by atoms with E-state index in [9.17, 15) is 43.3 Å². The molecule has 0 bridgehead atoms. The first-order valence-electron chi connectivity index (χ1n) is 9.75. The zero-order valence-electron chi connectivity index (χ0n) is 19.0. The van der Waals surface area contributed by atoms with Crippen molar-refractivity contribution in [2.75, 3.05) is 6.26 Å². The molecule has 0 saturated heterocycles. The van der Waals surface area contributed by atoms with Crippen LogP contribution in [0.1, 0.15) is 11.1 Å². The molecule has 12 nitrogen and oxygen atoms in total. The smallest absolute Gasteiger partial charge is 0.300 e. The van der Waals surface area contributed by atoms with E-state index in [4.69, 9.17) is 0 Å². The van der Waals surface area contributed by atoms with Crippen molar-refractivity contribution in [2.24, 2.45) is 0 Å². The average molecular weight is 554 g/mol. The second-order valence-corrected chi connectivity index (χ2v) is 12.5. The Hall–Kier alpha value is -3.53. The summed E-state index contributed by atoms with van der Waals surface area (Å²) >= 11 is 0. The normalized spacial score (nSPS) is 11.7. The Balaban J connectivity index is 0.000000255. The van der Waals surface area contributed by atoms with Crippen molar-refractivity contribution in [1.29, 1.82) is 0 Å². The third kappa shape index (κ3) is 7.74. The van der Waals surface area contributed by atoms with Gasteiger partial charge in [0.05, 0.1) is 41.7 Å². The minimum atomic E-state index is -5.55. The number of benzene rings is 3. The number of non-ortho nitro benzene ring substituents is 1. The van der Waals surface area contributed by atoms with E-state index in [-0.39, 0.29) is 22.1 Å². The SMILES string of the molecule is Cc1ccc(S[S+](C)c2ccc(C)cc2)cc1.O=[N+]([O-])c1cc([N+](=O)[O-])c(S(=O)(=O)[O-])c([N+](=O)[O-])c1. The van der Waals surface area contributed by atoms with Crippen LogP contribution in [-0.2, 0) is 20.0 Å². The number of nitro groups is 3. The van der Waals surface area contributed by atoms with Crippen molar-refractivity contribution in [2.45, 2.75) is 28.5 Å². The molecule has 0 radical (unpaired) electrons. The number of hydrogen-bond acceptors (Lipinski definition) is 10. The fourth-order valence-electron chi connectivity index (χ4n) is 2.73. The molecule has 1 atom stereocenters. The van der Waals surface area contributed by atoms with Gasteiger partial charge in [-0.15, -0.1) is 0 Å². The predicted molar refractivity (Wildman–Crippen MR) is 134 cm³/mol. The van der Waals surface area contributed by atoms with E-state index in [1.807, 2.05) is 10.8 Å². The van der Waals surface area contributed by atoms with Crippen molar-refractivity contribution in [3.8, 4) is 0 Å². The highest BCUT2D eigenvalue weighted by Gasteiger charge is 2.34. The fourth-order valence-corrected chi connectivity index (χ4v) is 6.49. The molecule has 0 aliphatic carbocycles. The molecule has 1 unspecified atom stereocenters. The standard InChI is InChI=1S/C15H17S2.C6H3N3O9S/c1-12-4-8-14(9-5-12)16-17(3)15-10-6-13(2)7-11-15;10-7(11)3-1-4(8(12)13)6(19(16,17)18)5(2-3)9(14)15/h4-11H,1-3H3;1-2H,(H,16,17,18)/q+1;/p-1. The van der Waals surface area contributed by atoms with Gasteiger partial charge in [-0.3, -0.25) is 30.3 Å². The Morgan fingerprint density at radius 1 is 0.750 bits per heavy atom. The predicted octanol–water partition coefficient (Wildman–Crippen LogP) is 4.93. The summed E-state index contributed by atoms with van der Waals surface area (Å²) in [4.78, 5) is 28.6. The van der Waals surface area contributed by atoms with Gasteiger partial charge in [-0.2, -0.15) is 0 Å². The van der Waals surface area contributed by atoms with Crippen LogP contribution < -0.4 is 0 Å². The van der Waals surface area contributed by atoms with Crippen LogP contribution in [0.5, 0.6) is 0 Å². The highest BCUT2D eigenvalue weighted by molar-refractivity contribution is 8.74. The highest BCUT2D eigenvalue weighted by Crippen LogP contribution is 2.36. The van der Waals surface area contributed by atoms with Gasteiger partial charge in [0.15, 0.2) is 4.90 Å². The van der Waals surface area contributed by atoms with E-state index in [1.54, 1.807) is 0 Å². The van der Waals surface area contributed by atoms with Crippen LogP contribution in [0.2, 0.25) is 0 Å². The Bertz CT molecular complexity index is 1360. The Labute approximate surface area is 212 Å². The molecule has 0 aliphatic heterocycles. The van der Waals surface area contributed by atoms with Gasteiger partial charge in [-0.1, -0.05) is 35.4 Å². The van der Waals surface area contributed by atoms with E-state index in [2.05, 4.69) is 68.6 Å². The largest absolute Gasteiger partial charge is 0.744 e. The Kier molecular flexibility index (Phi) is 9.52. The Morgan fingerprint density at radius 3 is 1.53 bits per heavy atom. The van der Waals surface area contributed by atoms with Gasteiger partial charge in [-0.05, 0) is 38.1 Å². The Morgan fingerprint density at radius 2 is 1.17 bits per heavy atom. The van der Waals surface area contributed by atoms with Gasteiger partial charge in [0.2, 0.25) is 4.90 Å². The molecule has 0 aromatic heterocycles. The molecule has 3 aromatic rings. The molecule has 190 valence electrons. The first-order valence-corrected chi connectivity index (χ1v) is 14.1. The third-order valence-electron chi connectivity index (χ3n) is 4.48. The van der Waals surface area contributed by atoms with E-state index in [0.29, 0.717) is 0 Å². The van der Waals surface area contributed by atoms with Crippen molar-refractivity contribution in [3.63, 3.8) is 0 Å². The minimum absolute atomic E-state index is 0.164. The van der Waals surface area contributed by atoms with E-state index in [1.165, 1.54) is 20.9 Å². The summed E-state index contributed by atoms with van der Waals surface area (Å²) < 4.78 is 32.5. The maximum atomic E-state index is 10.8. The summed E-state index contributed by atoms with van der Waals surface area (Å²) in [5, 5.41) is 31.6. The molecule has 15 heteroatoms. The topological polar surface area (TPSA) is 187 Å². The molecule has 0 amide bonds. The molecule has 0 saturated carbocycles. The molecule has 36 heavy (non-hydrogen) atoms.